The van der Waals surface area contributed by atoms with Crippen molar-refractivity contribution in [2.24, 2.45) is 5.73 Å². The molecule has 1 aliphatic heterocycles. The normalized spacial score (nSPS) is 20.1. The molecule has 1 fully saturated rings. The average Bonchev–Trinajstić information content (AvgIpc) is 2.77. The summed E-state index contributed by atoms with van der Waals surface area (Å²) in [5.41, 5.74) is 7.74. The van der Waals surface area contributed by atoms with E-state index in [1.54, 1.807) is 18.5 Å². The molecule has 1 saturated carbocycles. The van der Waals surface area contributed by atoms with Gasteiger partial charge in [-0.2, -0.15) is 0 Å². The molecule has 0 unspecified atom stereocenters. The summed E-state index contributed by atoms with van der Waals surface area (Å²) in [5.74, 6) is 0. The van der Waals surface area contributed by atoms with Crippen LogP contribution in [-0.2, 0) is 4.84 Å². The summed E-state index contributed by atoms with van der Waals surface area (Å²) in [7, 11) is 0. The zero-order valence-corrected chi connectivity index (χ0v) is 5.79. The Hall–Kier alpha value is -0.960. The fraction of sp³-hybridized carbons (Fsp3) is 0.429. The van der Waals surface area contributed by atoms with Crippen LogP contribution < -0.4 is 11.2 Å². The minimum absolute atomic E-state index is 0.583. The van der Waals surface area contributed by atoms with E-state index in [4.69, 9.17) is 5.73 Å². The maximum absolute atomic E-state index is 5.22. The Kier molecular flexibility index (Phi) is 2.83. The third kappa shape index (κ3) is 3.97. The molecule has 3 N–H and O–H groups in total. The van der Waals surface area contributed by atoms with Crippen molar-refractivity contribution < 1.29 is 4.84 Å². The smallest absolute Gasteiger partial charge is 0.119 e. The van der Waals surface area contributed by atoms with Crippen LogP contribution in [0.3, 0.4) is 0 Å². The monoisotopic (exact) mass is 140 g/mol. The van der Waals surface area contributed by atoms with Gasteiger partial charge in [0.1, 0.15) is 6.26 Å². The predicted octanol–water partition coefficient (Wildman–Crippen LogP) is 0.656. The van der Waals surface area contributed by atoms with Gasteiger partial charge in [0.15, 0.2) is 0 Å². The van der Waals surface area contributed by atoms with Crippen LogP contribution in [0.2, 0.25) is 0 Å². The van der Waals surface area contributed by atoms with Gasteiger partial charge in [0, 0.05) is 12.2 Å². The Morgan fingerprint density at radius 3 is 2.20 bits per heavy atom. The van der Waals surface area contributed by atoms with E-state index < -0.39 is 0 Å². The van der Waals surface area contributed by atoms with Crippen molar-refractivity contribution in [3.8, 4) is 0 Å². The van der Waals surface area contributed by atoms with Crippen molar-refractivity contribution in [1.82, 2.24) is 5.48 Å². The average molecular weight is 140 g/mol. The van der Waals surface area contributed by atoms with E-state index >= 15 is 0 Å². The maximum atomic E-state index is 5.22. The Bertz CT molecular complexity index is 127. The van der Waals surface area contributed by atoms with Gasteiger partial charge >= 0.3 is 0 Å². The second kappa shape index (κ2) is 3.95. The van der Waals surface area contributed by atoms with Crippen molar-refractivity contribution in [2.45, 2.75) is 18.9 Å². The molecule has 0 amide bonds. The van der Waals surface area contributed by atoms with Gasteiger partial charge in [-0.3, -0.25) is 0 Å². The first kappa shape index (κ1) is 7.15. The minimum atomic E-state index is 0.583. The fourth-order valence-corrected chi connectivity index (χ4v) is 0.354. The Morgan fingerprint density at radius 2 is 2.10 bits per heavy atom. The Morgan fingerprint density at radius 1 is 1.40 bits per heavy atom. The molecule has 2 rings (SSSR count). The van der Waals surface area contributed by atoms with Gasteiger partial charge in [0.25, 0.3) is 0 Å². The van der Waals surface area contributed by atoms with Gasteiger partial charge < -0.3 is 10.6 Å². The van der Waals surface area contributed by atoms with Crippen LogP contribution >= 0.6 is 0 Å². The summed E-state index contributed by atoms with van der Waals surface area (Å²) in [5, 5.41) is 0. The highest BCUT2D eigenvalue weighted by atomic mass is 16.6. The highest BCUT2D eigenvalue weighted by molar-refractivity contribution is 5.00. The number of nitrogens with two attached hydrogens (primary N) is 1. The van der Waals surface area contributed by atoms with Crippen LogP contribution in [-0.4, -0.2) is 6.04 Å². The van der Waals surface area contributed by atoms with E-state index in [0.717, 1.165) is 0 Å². The van der Waals surface area contributed by atoms with E-state index in [9.17, 15) is 0 Å². The first-order chi connectivity index (χ1) is 4.89. The molecule has 3 heteroatoms. The molecule has 0 saturated heterocycles. The molecular formula is C7H12N2O. The van der Waals surface area contributed by atoms with Crippen LogP contribution in [0.15, 0.2) is 24.6 Å². The van der Waals surface area contributed by atoms with Crippen molar-refractivity contribution in [3.63, 3.8) is 0 Å². The van der Waals surface area contributed by atoms with Gasteiger partial charge in [-0.05, 0) is 25.0 Å². The minimum Gasteiger partial charge on any atom is -0.391 e. The summed E-state index contributed by atoms with van der Waals surface area (Å²) in [6, 6.07) is 0.583. The van der Waals surface area contributed by atoms with Crippen molar-refractivity contribution in [3.05, 3.63) is 24.6 Å². The number of hydrogen-bond donors (Lipinski definition) is 2. The topological polar surface area (TPSA) is 47.3 Å². The molecule has 0 atom stereocenters. The highest BCUT2D eigenvalue weighted by Crippen LogP contribution is 2.13. The van der Waals surface area contributed by atoms with Gasteiger partial charge in [-0.1, -0.05) is 0 Å². The third-order valence-electron chi connectivity index (χ3n) is 1.11. The zero-order chi connectivity index (χ0) is 7.23. The third-order valence-corrected chi connectivity index (χ3v) is 1.11. The molecule has 0 aromatic rings. The summed E-state index contributed by atoms with van der Waals surface area (Å²) in [4.78, 5) is 4.55. The molecular weight excluding hydrogens is 128 g/mol. The van der Waals surface area contributed by atoms with Gasteiger partial charge in [0.2, 0.25) is 0 Å². The quantitative estimate of drug-likeness (QED) is 0.519. The summed E-state index contributed by atoms with van der Waals surface area (Å²) in [6.45, 7) is 0. The SMILES string of the molecule is C1=CNOC=C1.NC1CC1. The molecule has 2 aliphatic rings. The Balaban J connectivity index is 0.000000108. The first-order valence-corrected chi connectivity index (χ1v) is 3.38. The van der Waals surface area contributed by atoms with Crippen LogP contribution in [0.5, 0.6) is 0 Å². The van der Waals surface area contributed by atoms with E-state index in [0.29, 0.717) is 6.04 Å². The standard InChI is InChI=1S/C4H5NO.C3H7N/c1-2-4-6-5-3-1;4-3-1-2-3/h1-5H;3H,1-2,4H2. The van der Waals surface area contributed by atoms with E-state index in [1.165, 1.54) is 12.8 Å². The van der Waals surface area contributed by atoms with E-state index in [-0.39, 0.29) is 0 Å². The predicted molar refractivity (Wildman–Crippen MR) is 39.7 cm³/mol. The molecule has 0 aromatic heterocycles. The molecule has 0 bridgehead atoms. The second-order valence-corrected chi connectivity index (χ2v) is 2.26. The molecule has 56 valence electrons. The maximum Gasteiger partial charge on any atom is 0.119 e. The number of rotatable bonds is 0. The second-order valence-electron chi connectivity index (χ2n) is 2.26. The van der Waals surface area contributed by atoms with Crippen molar-refractivity contribution >= 4 is 0 Å². The lowest BCUT2D eigenvalue weighted by molar-refractivity contribution is 0.172. The van der Waals surface area contributed by atoms with Gasteiger partial charge in [0.05, 0.1) is 0 Å². The number of hydrogen-bond acceptors (Lipinski definition) is 3. The van der Waals surface area contributed by atoms with Crippen molar-refractivity contribution in [2.75, 3.05) is 0 Å². The lowest BCUT2D eigenvalue weighted by atomic mass is 10.6. The molecule has 1 heterocycles. The molecule has 0 spiro atoms. The molecule has 0 aromatic carbocycles. The van der Waals surface area contributed by atoms with Crippen LogP contribution in [0.25, 0.3) is 0 Å². The summed E-state index contributed by atoms with van der Waals surface area (Å²) in [6.07, 6.45) is 9.46. The lowest BCUT2D eigenvalue weighted by Gasteiger charge is -1.97. The van der Waals surface area contributed by atoms with E-state index in [2.05, 4.69) is 10.3 Å². The van der Waals surface area contributed by atoms with Crippen LogP contribution in [0, 0.1) is 0 Å². The first-order valence-electron chi connectivity index (χ1n) is 3.38. The van der Waals surface area contributed by atoms with Gasteiger partial charge in [-0.15, -0.1) is 0 Å². The molecule has 1 aliphatic carbocycles. The number of hydroxylamine groups is 1. The highest BCUT2D eigenvalue weighted by Gasteiger charge is 2.13. The van der Waals surface area contributed by atoms with Crippen molar-refractivity contribution in [1.29, 1.82) is 0 Å². The molecule has 10 heavy (non-hydrogen) atoms. The fourth-order valence-electron chi connectivity index (χ4n) is 0.354. The largest absolute Gasteiger partial charge is 0.391 e. The summed E-state index contributed by atoms with van der Waals surface area (Å²) >= 11 is 0. The summed E-state index contributed by atoms with van der Waals surface area (Å²) < 4.78 is 0. The van der Waals surface area contributed by atoms with Crippen LogP contribution in [0.1, 0.15) is 12.8 Å². The van der Waals surface area contributed by atoms with Gasteiger partial charge in [-0.25, -0.2) is 5.48 Å². The Labute approximate surface area is 60.5 Å². The zero-order valence-electron chi connectivity index (χ0n) is 5.79. The lowest BCUT2D eigenvalue weighted by Crippen LogP contribution is -2.01. The van der Waals surface area contributed by atoms with Crippen LogP contribution in [0.4, 0.5) is 0 Å². The molecule has 0 radical (unpaired) electrons. The molecule has 3 nitrogen and oxygen atoms in total. The number of allylic oxidation sites excluding steroid dienone is 2. The van der Waals surface area contributed by atoms with E-state index in [1.807, 2.05) is 6.08 Å². The number of nitrogens with one attached hydrogen (secondary N) is 1.